The summed E-state index contributed by atoms with van der Waals surface area (Å²) in [7, 11) is 0. The number of nitrogens with zero attached hydrogens (tertiary/aromatic N) is 2. The average Bonchev–Trinajstić information content (AvgIpc) is 3.19. The Morgan fingerprint density at radius 2 is 1.82 bits per heavy atom. The Morgan fingerprint density at radius 1 is 1.06 bits per heavy atom. The van der Waals surface area contributed by atoms with Crippen molar-refractivity contribution >= 4 is 23.0 Å². The molecule has 0 radical (unpaired) electrons. The third kappa shape index (κ3) is 5.73. The van der Waals surface area contributed by atoms with Crippen LogP contribution in [0.4, 0.5) is 0 Å². The average molecular weight is 454 g/mol. The van der Waals surface area contributed by atoms with Gasteiger partial charge in [0, 0.05) is 6.08 Å². The molecule has 1 amide bonds. The number of hydrogen-bond donors (Lipinski definition) is 1. The van der Waals surface area contributed by atoms with E-state index in [1.165, 1.54) is 11.1 Å². The van der Waals surface area contributed by atoms with E-state index in [0.717, 1.165) is 28.2 Å². The van der Waals surface area contributed by atoms with Crippen molar-refractivity contribution in [3.63, 3.8) is 0 Å². The number of hydrogen-bond acceptors (Lipinski definition) is 3. The lowest BCUT2D eigenvalue weighted by molar-refractivity contribution is -0.116. The molecule has 34 heavy (non-hydrogen) atoms. The summed E-state index contributed by atoms with van der Waals surface area (Å²) < 4.78 is 8.35. The molecule has 0 aliphatic carbocycles. The van der Waals surface area contributed by atoms with Gasteiger partial charge in [0.25, 0.3) is 0 Å². The zero-order chi connectivity index (χ0) is 23.9. The highest BCUT2D eigenvalue weighted by Crippen LogP contribution is 2.27. The minimum absolute atomic E-state index is 0.153. The summed E-state index contributed by atoms with van der Waals surface area (Å²) in [5.74, 6) is 1.97. The first-order valence-electron chi connectivity index (χ1n) is 11.7. The number of amides is 1. The van der Waals surface area contributed by atoms with Gasteiger partial charge in [-0.25, -0.2) is 4.98 Å². The van der Waals surface area contributed by atoms with Crippen molar-refractivity contribution in [2.24, 2.45) is 0 Å². The van der Waals surface area contributed by atoms with Crippen LogP contribution >= 0.6 is 0 Å². The van der Waals surface area contributed by atoms with Crippen molar-refractivity contribution in [3.8, 4) is 5.75 Å². The minimum Gasteiger partial charge on any atom is -0.491 e. The molecule has 1 aromatic heterocycles. The third-order valence-electron chi connectivity index (χ3n) is 5.74. The summed E-state index contributed by atoms with van der Waals surface area (Å²) >= 11 is 0. The standard InChI is InChI=1S/C29H31N3O2/c1-21(2)24-15-13-22(3)19-27(24)34-18-17-32-26-12-8-7-11-25(26)31-28(32)20-30-29(33)16-14-23-9-5-4-6-10-23/h4-16,19,21H,17-18,20H2,1-3H3,(H,30,33)/b16-14-. The first-order valence-corrected chi connectivity index (χ1v) is 11.7. The van der Waals surface area contributed by atoms with Crippen LogP contribution in [0.15, 0.2) is 78.9 Å². The largest absolute Gasteiger partial charge is 0.491 e. The topological polar surface area (TPSA) is 56.1 Å². The fraction of sp³-hybridized carbons (Fsp3) is 0.241. The van der Waals surface area contributed by atoms with Gasteiger partial charge >= 0.3 is 0 Å². The number of carbonyl (C=O) groups excluding carboxylic acids is 1. The normalized spacial score (nSPS) is 11.4. The van der Waals surface area contributed by atoms with Crippen molar-refractivity contribution in [1.82, 2.24) is 14.9 Å². The number of nitrogens with one attached hydrogen (secondary N) is 1. The Labute approximate surface area is 201 Å². The molecule has 0 fully saturated rings. The predicted octanol–water partition coefficient (Wildman–Crippen LogP) is 5.88. The molecule has 0 atom stereocenters. The SMILES string of the molecule is Cc1ccc(C(C)C)c(OCCn2c(CNC(=O)/C=C\c3ccccc3)nc3ccccc32)c1. The molecule has 0 spiro atoms. The molecule has 174 valence electrons. The molecule has 1 N–H and O–H groups in total. The maximum Gasteiger partial charge on any atom is 0.244 e. The smallest absolute Gasteiger partial charge is 0.244 e. The number of aryl methyl sites for hydroxylation is 1. The van der Waals surface area contributed by atoms with Gasteiger partial charge in [0.2, 0.25) is 5.91 Å². The summed E-state index contributed by atoms with van der Waals surface area (Å²) in [6.07, 6.45) is 3.36. The molecule has 0 saturated heterocycles. The maximum atomic E-state index is 12.4. The molecule has 1 heterocycles. The van der Waals surface area contributed by atoms with Crippen LogP contribution in [0.5, 0.6) is 5.75 Å². The van der Waals surface area contributed by atoms with E-state index in [9.17, 15) is 4.79 Å². The van der Waals surface area contributed by atoms with E-state index in [0.29, 0.717) is 25.6 Å². The fourth-order valence-corrected chi connectivity index (χ4v) is 3.96. The van der Waals surface area contributed by atoms with E-state index in [-0.39, 0.29) is 5.91 Å². The highest BCUT2D eigenvalue weighted by atomic mass is 16.5. The van der Waals surface area contributed by atoms with E-state index < -0.39 is 0 Å². The molecule has 0 aliphatic heterocycles. The second kappa shape index (κ2) is 10.8. The predicted molar refractivity (Wildman–Crippen MR) is 138 cm³/mol. The van der Waals surface area contributed by atoms with Gasteiger partial charge in [0.05, 0.1) is 24.1 Å². The first-order chi connectivity index (χ1) is 16.5. The van der Waals surface area contributed by atoms with E-state index in [2.05, 4.69) is 54.9 Å². The van der Waals surface area contributed by atoms with Crippen molar-refractivity contribution in [2.75, 3.05) is 6.61 Å². The van der Waals surface area contributed by atoms with E-state index >= 15 is 0 Å². The van der Waals surface area contributed by atoms with Crippen LogP contribution in [0, 0.1) is 6.92 Å². The highest BCUT2D eigenvalue weighted by Gasteiger charge is 2.13. The maximum absolute atomic E-state index is 12.4. The lowest BCUT2D eigenvalue weighted by Gasteiger charge is -2.16. The van der Waals surface area contributed by atoms with Crippen molar-refractivity contribution < 1.29 is 9.53 Å². The molecular weight excluding hydrogens is 422 g/mol. The summed E-state index contributed by atoms with van der Waals surface area (Å²) in [6, 6.07) is 24.2. The second-order valence-corrected chi connectivity index (χ2v) is 8.67. The molecule has 4 aromatic rings. The van der Waals surface area contributed by atoms with Gasteiger partial charge in [-0.05, 0) is 53.8 Å². The summed E-state index contributed by atoms with van der Waals surface area (Å²) in [6.45, 7) is 7.92. The molecule has 0 saturated carbocycles. The van der Waals surface area contributed by atoms with E-state index in [4.69, 9.17) is 9.72 Å². The zero-order valence-corrected chi connectivity index (χ0v) is 20.0. The van der Waals surface area contributed by atoms with Gasteiger partial charge in [0.1, 0.15) is 18.2 Å². The molecule has 3 aromatic carbocycles. The molecule has 5 heteroatoms. The van der Waals surface area contributed by atoms with Gasteiger partial charge in [0.15, 0.2) is 0 Å². The van der Waals surface area contributed by atoms with Crippen LogP contribution in [0.25, 0.3) is 17.1 Å². The monoisotopic (exact) mass is 453 g/mol. The Bertz CT molecular complexity index is 1290. The Balaban J connectivity index is 1.46. The lowest BCUT2D eigenvalue weighted by atomic mass is 10.0. The third-order valence-corrected chi connectivity index (χ3v) is 5.74. The van der Waals surface area contributed by atoms with E-state index in [1.54, 1.807) is 12.2 Å². The quantitative estimate of drug-likeness (QED) is 0.322. The Morgan fingerprint density at radius 3 is 2.62 bits per heavy atom. The lowest BCUT2D eigenvalue weighted by Crippen LogP contribution is -2.23. The summed E-state index contributed by atoms with van der Waals surface area (Å²) in [5.41, 5.74) is 5.31. The number of carbonyl (C=O) groups is 1. The van der Waals surface area contributed by atoms with Crippen LogP contribution in [0.1, 0.15) is 42.3 Å². The molecule has 5 nitrogen and oxygen atoms in total. The van der Waals surface area contributed by atoms with Crippen molar-refractivity contribution in [2.45, 2.75) is 39.8 Å². The van der Waals surface area contributed by atoms with Crippen molar-refractivity contribution in [3.05, 3.63) is 101 Å². The highest BCUT2D eigenvalue weighted by molar-refractivity contribution is 5.91. The van der Waals surface area contributed by atoms with Crippen LogP contribution in [-0.2, 0) is 17.9 Å². The Hall–Kier alpha value is -3.86. The van der Waals surface area contributed by atoms with Crippen LogP contribution in [0.2, 0.25) is 0 Å². The molecule has 0 aliphatic rings. The number of aromatic nitrogens is 2. The van der Waals surface area contributed by atoms with Gasteiger partial charge in [-0.15, -0.1) is 0 Å². The van der Waals surface area contributed by atoms with Gasteiger partial charge < -0.3 is 14.6 Å². The number of rotatable bonds is 9. The van der Waals surface area contributed by atoms with Gasteiger partial charge in [-0.3, -0.25) is 4.79 Å². The molecule has 0 unspecified atom stereocenters. The zero-order valence-electron chi connectivity index (χ0n) is 20.0. The second-order valence-electron chi connectivity index (χ2n) is 8.67. The van der Waals surface area contributed by atoms with Crippen LogP contribution in [-0.4, -0.2) is 22.1 Å². The van der Waals surface area contributed by atoms with Gasteiger partial charge in [-0.2, -0.15) is 0 Å². The molecule has 4 rings (SSSR count). The Kier molecular flexibility index (Phi) is 7.43. The molecular formula is C29H31N3O2. The molecule has 0 bridgehead atoms. The minimum atomic E-state index is -0.153. The number of benzene rings is 3. The number of fused-ring (bicyclic) bond motifs is 1. The van der Waals surface area contributed by atoms with Crippen molar-refractivity contribution in [1.29, 1.82) is 0 Å². The van der Waals surface area contributed by atoms with E-state index in [1.807, 2.05) is 48.5 Å². The fourth-order valence-electron chi connectivity index (χ4n) is 3.96. The first kappa shape index (κ1) is 23.3. The summed E-state index contributed by atoms with van der Waals surface area (Å²) in [5, 5.41) is 2.96. The summed E-state index contributed by atoms with van der Waals surface area (Å²) in [4.78, 5) is 17.1. The van der Waals surface area contributed by atoms with Gasteiger partial charge in [-0.1, -0.05) is 68.4 Å². The van der Waals surface area contributed by atoms with Crippen LogP contribution in [0.3, 0.4) is 0 Å². The number of para-hydroxylation sites is 2. The van der Waals surface area contributed by atoms with Crippen LogP contribution < -0.4 is 10.1 Å². The number of imidazole rings is 1. The number of ether oxygens (including phenoxy) is 1.